The molecule has 1 aromatic carbocycles. The van der Waals surface area contributed by atoms with E-state index in [0.29, 0.717) is 12.8 Å². The molecule has 0 radical (unpaired) electrons. The molecule has 4 nitrogen and oxygen atoms in total. The molecule has 0 saturated carbocycles. The van der Waals surface area contributed by atoms with Gasteiger partial charge in [0.1, 0.15) is 0 Å². The highest BCUT2D eigenvalue weighted by Gasteiger charge is 2.11. The van der Waals surface area contributed by atoms with Crippen molar-refractivity contribution in [2.45, 2.75) is 25.8 Å². The molecule has 118 valence electrons. The van der Waals surface area contributed by atoms with Crippen LogP contribution in [-0.2, 0) is 11.2 Å². The van der Waals surface area contributed by atoms with Crippen LogP contribution in [-0.4, -0.2) is 15.7 Å². The second-order valence-corrected chi connectivity index (χ2v) is 6.41. The summed E-state index contributed by atoms with van der Waals surface area (Å²) in [4.78, 5) is 13.2. The third-order valence-electron chi connectivity index (χ3n) is 3.64. The fourth-order valence-corrected chi connectivity index (χ4v) is 3.13. The zero-order chi connectivity index (χ0) is 16.1. The number of nitrogens with one attached hydrogen (secondary N) is 1. The number of aryl methyl sites for hydroxylation is 1. The fraction of sp³-hybridized carbons (Fsp3) is 0.222. The van der Waals surface area contributed by atoms with Gasteiger partial charge in [-0.3, -0.25) is 4.79 Å². The molecule has 0 aliphatic heterocycles. The number of benzene rings is 1. The van der Waals surface area contributed by atoms with Gasteiger partial charge in [-0.25, -0.2) is 4.68 Å². The molecule has 1 amide bonds. The number of thiophene rings is 1. The number of hydrogen-bond donors (Lipinski definition) is 1. The van der Waals surface area contributed by atoms with E-state index >= 15 is 0 Å². The summed E-state index contributed by atoms with van der Waals surface area (Å²) < 4.78 is 1.83. The van der Waals surface area contributed by atoms with E-state index < -0.39 is 0 Å². The van der Waals surface area contributed by atoms with Crippen molar-refractivity contribution in [2.75, 3.05) is 0 Å². The standard InChI is InChI=1S/C18H19N3OS/c1-14(17-8-5-11-23-17)20-18(22)10-9-15-12-19-21(13-15)16-6-3-2-4-7-16/h2-8,11-14H,9-10H2,1H3,(H,20,22). The highest BCUT2D eigenvalue weighted by atomic mass is 32.1. The van der Waals surface area contributed by atoms with E-state index in [4.69, 9.17) is 0 Å². The van der Waals surface area contributed by atoms with E-state index in [0.717, 1.165) is 11.3 Å². The summed E-state index contributed by atoms with van der Waals surface area (Å²) in [5.41, 5.74) is 2.09. The van der Waals surface area contributed by atoms with Crippen LogP contribution >= 0.6 is 11.3 Å². The molecule has 5 heteroatoms. The maximum atomic E-state index is 12.1. The third-order valence-corrected chi connectivity index (χ3v) is 4.70. The monoisotopic (exact) mass is 325 g/mol. The molecule has 1 N–H and O–H groups in total. The Hall–Kier alpha value is -2.40. The summed E-state index contributed by atoms with van der Waals surface area (Å²) in [6, 6.07) is 14.1. The van der Waals surface area contributed by atoms with Crippen LogP contribution in [0.15, 0.2) is 60.2 Å². The Bertz CT molecular complexity index is 750. The van der Waals surface area contributed by atoms with E-state index in [1.165, 1.54) is 4.88 Å². The van der Waals surface area contributed by atoms with E-state index in [1.54, 1.807) is 11.3 Å². The van der Waals surface area contributed by atoms with Gasteiger partial charge in [0.2, 0.25) is 5.91 Å². The lowest BCUT2D eigenvalue weighted by atomic mass is 10.2. The zero-order valence-electron chi connectivity index (χ0n) is 13.0. The summed E-state index contributed by atoms with van der Waals surface area (Å²) in [7, 11) is 0. The van der Waals surface area contributed by atoms with Crippen molar-refractivity contribution in [2.24, 2.45) is 0 Å². The number of para-hydroxylation sites is 1. The first kappa shape index (κ1) is 15.5. The average molecular weight is 325 g/mol. The Labute approximate surface area is 139 Å². The molecular weight excluding hydrogens is 306 g/mol. The Morgan fingerprint density at radius 1 is 1.26 bits per heavy atom. The molecule has 0 fully saturated rings. The van der Waals surface area contributed by atoms with Gasteiger partial charge in [-0.05, 0) is 42.5 Å². The number of nitrogens with zero attached hydrogens (tertiary/aromatic N) is 2. The maximum absolute atomic E-state index is 12.1. The van der Waals surface area contributed by atoms with Crippen molar-refractivity contribution < 1.29 is 4.79 Å². The molecule has 0 aliphatic carbocycles. The van der Waals surface area contributed by atoms with Crippen LogP contribution in [0, 0.1) is 0 Å². The van der Waals surface area contributed by atoms with Gasteiger partial charge >= 0.3 is 0 Å². The van der Waals surface area contributed by atoms with Crippen LogP contribution < -0.4 is 5.32 Å². The first-order chi connectivity index (χ1) is 11.2. The second-order valence-electron chi connectivity index (χ2n) is 5.43. The average Bonchev–Trinajstić information content (AvgIpc) is 3.25. The Morgan fingerprint density at radius 2 is 2.09 bits per heavy atom. The first-order valence-corrected chi connectivity index (χ1v) is 8.52. The van der Waals surface area contributed by atoms with Crippen molar-refractivity contribution >= 4 is 17.2 Å². The summed E-state index contributed by atoms with van der Waals surface area (Å²) in [5.74, 6) is 0.0679. The maximum Gasteiger partial charge on any atom is 0.220 e. The van der Waals surface area contributed by atoms with Crippen LogP contribution in [0.25, 0.3) is 5.69 Å². The molecule has 2 heterocycles. The van der Waals surface area contributed by atoms with Crippen LogP contribution in [0.2, 0.25) is 0 Å². The first-order valence-electron chi connectivity index (χ1n) is 7.64. The Kier molecular flexibility index (Phi) is 4.88. The minimum absolute atomic E-state index is 0.0644. The van der Waals surface area contributed by atoms with Crippen molar-refractivity contribution in [3.63, 3.8) is 0 Å². The molecule has 3 aromatic rings. The summed E-state index contributed by atoms with van der Waals surface area (Å²) in [6.45, 7) is 2.01. The van der Waals surface area contributed by atoms with Crippen LogP contribution in [0.4, 0.5) is 0 Å². The zero-order valence-corrected chi connectivity index (χ0v) is 13.8. The Balaban J connectivity index is 1.52. The van der Waals surface area contributed by atoms with Crippen molar-refractivity contribution in [1.29, 1.82) is 0 Å². The van der Waals surface area contributed by atoms with Gasteiger partial charge in [0.15, 0.2) is 0 Å². The van der Waals surface area contributed by atoms with Crippen molar-refractivity contribution in [3.05, 3.63) is 70.7 Å². The van der Waals surface area contributed by atoms with Gasteiger partial charge in [0.05, 0.1) is 17.9 Å². The lowest BCUT2D eigenvalue weighted by Gasteiger charge is -2.11. The molecule has 0 bridgehead atoms. The second kappa shape index (κ2) is 7.24. The predicted molar refractivity (Wildman–Crippen MR) is 92.8 cm³/mol. The van der Waals surface area contributed by atoms with Gasteiger partial charge in [0.25, 0.3) is 0 Å². The minimum Gasteiger partial charge on any atom is -0.349 e. The van der Waals surface area contributed by atoms with Gasteiger partial charge in [-0.2, -0.15) is 5.10 Å². The van der Waals surface area contributed by atoms with Crippen molar-refractivity contribution in [3.8, 4) is 5.69 Å². The number of hydrogen-bond acceptors (Lipinski definition) is 3. The highest BCUT2D eigenvalue weighted by Crippen LogP contribution is 2.18. The largest absolute Gasteiger partial charge is 0.349 e. The number of aromatic nitrogens is 2. The topological polar surface area (TPSA) is 46.9 Å². The molecule has 1 atom stereocenters. The quantitative estimate of drug-likeness (QED) is 0.750. The molecule has 0 spiro atoms. The van der Waals surface area contributed by atoms with Crippen molar-refractivity contribution in [1.82, 2.24) is 15.1 Å². The summed E-state index contributed by atoms with van der Waals surface area (Å²) in [6.07, 6.45) is 4.96. The number of carbonyl (C=O) groups is 1. The minimum atomic E-state index is 0.0644. The smallest absolute Gasteiger partial charge is 0.220 e. The molecule has 0 aliphatic rings. The molecule has 1 unspecified atom stereocenters. The highest BCUT2D eigenvalue weighted by molar-refractivity contribution is 7.10. The van der Waals surface area contributed by atoms with E-state index in [2.05, 4.69) is 10.4 Å². The molecule has 3 rings (SSSR count). The van der Waals surface area contributed by atoms with Crippen LogP contribution in [0.5, 0.6) is 0 Å². The normalized spacial score (nSPS) is 12.0. The SMILES string of the molecule is CC(NC(=O)CCc1cnn(-c2ccccc2)c1)c1cccs1. The number of carbonyl (C=O) groups excluding carboxylic acids is 1. The molecule has 0 saturated heterocycles. The van der Waals surface area contributed by atoms with Crippen LogP contribution in [0.3, 0.4) is 0 Å². The molecule has 23 heavy (non-hydrogen) atoms. The molecular formula is C18H19N3OS. The van der Waals surface area contributed by atoms with E-state index in [9.17, 15) is 4.79 Å². The van der Waals surface area contributed by atoms with Gasteiger partial charge in [-0.15, -0.1) is 11.3 Å². The third kappa shape index (κ3) is 4.07. The van der Waals surface area contributed by atoms with Gasteiger partial charge in [0, 0.05) is 17.5 Å². The molecule has 2 aromatic heterocycles. The lowest BCUT2D eigenvalue weighted by Crippen LogP contribution is -2.26. The summed E-state index contributed by atoms with van der Waals surface area (Å²) in [5, 5.41) is 9.41. The number of rotatable bonds is 6. The predicted octanol–water partition coefficient (Wildman–Crippen LogP) is 3.74. The lowest BCUT2D eigenvalue weighted by molar-refractivity contribution is -0.121. The van der Waals surface area contributed by atoms with Gasteiger partial charge < -0.3 is 5.32 Å². The van der Waals surface area contributed by atoms with Gasteiger partial charge in [-0.1, -0.05) is 24.3 Å². The fourth-order valence-electron chi connectivity index (χ4n) is 2.39. The Morgan fingerprint density at radius 3 is 2.83 bits per heavy atom. The van der Waals surface area contributed by atoms with Crippen LogP contribution in [0.1, 0.15) is 29.8 Å². The summed E-state index contributed by atoms with van der Waals surface area (Å²) >= 11 is 1.66. The number of amides is 1. The van der Waals surface area contributed by atoms with E-state index in [1.807, 2.05) is 71.8 Å². The van der Waals surface area contributed by atoms with E-state index in [-0.39, 0.29) is 11.9 Å².